The molecule has 8 heteroatoms. The Morgan fingerprint density at radius 3 is 2.38 bits per heavy atom. The molecule has 1 aliphatic heterocycles. The van der Waals surface area contributed by atoms with Crippen LogP contribution in [-0.2, 0) is 9.47 Å². The van der Waals surface area contributed by atoms with Crippen molar-refractivity contribution in [2.45, 2.75) is 12.7 Å². The average molecular weight is 304 g/mol. The molecule has 0 aliphatic carbocycles. The lowest BCUT2D eigenvalue weighted by Gasteiger charge is -2.29. The van der Waals surface area contributed by atoms with E-state index >= 15 is 0 Å². The molecule has 1 heterocycles. The van der Waals surface area contributed by atoms with Gasteiger partial charge in [-0.25, -0.2) is 9.53 Å². The molecule has 1 atom stereocenters. The highest BCUT2D eigenvalue weighted by Crippen LogP contribution is 2.29. The van der Waals surface area contributed by atoms with E-state index in [1.54, 1.807) is 18.2 Å². The van der Waals surface area contributed by atoms with Gasteiger partial charge in [-0.05, 0) is 0 Å². The van der Waals surface area contributed by atoms with Crippen LogP contribution in [0.15, 0.2) is 30.3 Å². The predicted octanol–water partition coefficient (Wildman–Crippen LogP) is 2.26. The van der Waals surface area contributed by atoms with E-state index < -0.39 is 18.7 Å². The van der Waals surface area contributed by atoms with Crippen LogP contribution in [0.25, 0.3) is 0 Å². The molecule has 1 saturated heterocycles. The van der Waals surface area contributed by atoms with Crippen molar-refractivity contribution in [3.63, 3.8) is 0 Å². The Balaban J connectivity index is 2.06. The number of piperazine rings is 1. The summed E-state index contributed by atoms with van der Waals surface area (Å²) in [6.45, 7) is 1.91. The van der Waals surface area contributed by atoms with Gasteiger partial charge in [0.05, 0.1) is 0 Å². The van der Waals surface area contributed by atoms with Crippen molar-refractivity contribution in [2.24, 2.45) is 0 Å². The van der Waals surface area contributed by atoms with Crippen molar-refractivity contribution in [3.05, 3.63) is 35.9 Å². The normalized spacial score (nSPS) is 17.4. The van der Waals surface area contributed by atoms with Gasteiger partial charge in [-0.3, -0.25) is 0 Å². The second-order valence-corrected chi connectivity index (χ2v) is 4.43. The van der Waals surface area contributed by atoms with E-state index in [1.165, 1.54) is 17.0 Å². The quantitative estimate of drug-likeness (QED) is 0.870. The maximum atomic E-state index is 12.4. The van der Waals surface area contributed by atoms with Crippen LogP contribution < -0.4 is 5.32 Å². The minimum absolute atomic E-state index is 0.123. The SMILES string of the molecule is O=C(OC(OC(F)(F)F)c1ccccc1)N1CCNCC1. The first-order valence-electron chi connectivity index (χ1n) is 6.41. The molecule has 21 heavy (non-hydrogen) atoms. The number of carbonyl (C=O) groups excluding carboxylic acids is 1. The van der Waals surface area contributed by atoms with E-state index in [-0.39, 0.29) is 5.56 Å². The third-order valence-electron chi connectivity index (χ3n) is 2.90. The van der Waals surface area contributed by atoms with Crippen molar-refractivity contribution in [1.82, 2.24) is 10.2 Å². The molecule has 1 unspecified atom stereocenters. The lowest BCUT2D eigenvalue weighted by molar-refractivity contribution is -0.374. The topological polar surface area (TPSA) is 50.8 Å². The summed E-state index contributed by atoms with van der Waals surface area (Å²) in [7, 11) is 0. The zero-order valence-electron chi connectivity index (χ0n) is 11.1. The summed E-state index contributed by atoms with van der Waals surface area (Å²) in [6, 6.07) is 7.54. The van der Waals surface area contributed by atoms with Gasteiger partial charge < -0.3 is 15.0 Å². The minimum atomic E-state index is -4.90. The van der Waals surface area contributed by atoms with Gasteiger partial charge >= 0.3 is 12.5 Å². The molecule has 1 amide bonds. The highest BCUT2D eigenvalue weighted by atomic mass is 19.4. The first kappa shape index (κ1) is 15.6. The molecule has 1 N–H and O–H groups in total. The Morgan fingerprint density at radius 2 is 1.81 bits per heavy atom. The van der Waals surface area contributed by atoms with Gasteiger partial charge in [-0.15, -0.1) is 13.2 Å². The molecule has 0 radical (unpaired) electrons. The Morgan fingerprint density at radius 1 is 1.19 bits per heavy atom. The van der Waals surface area contributed by atoms with Gasteiger partial charge in [0, 0.05) is 31.7 Å². The molecular weight excluding hydrogens is 289 g/mol. The van der Waals surface area contributed by atoms with Crippen LogP contribution in [0, 0.1) is 0 Å². The molecule has 1 aromatic rings. The van der Waals surface area contributed by atoms with Gasteiger partial charge in [0.1, 0.15) is 0 Å². The van der Waals surface area contributed by atoms with Crippen molar-refractivity contribution < 1.29 is 27.4 Å². The zero-order chi connectivity index (χ0) is 15.3. The average Bonchev–Trinajstić information content (AvgIpc) is 2.47. The monoisotopic (exact) mass is 304 g/mol. The summed E-state index contributed by atoms with van der Waals surface area (Å²) >= 11 is 0. The number of nitrogens with zero attached hydrogens (tertiary/aromatic N) is 1. The van der Waals surface area contributed by atoms with Gasteiger partial charge in [0.15, 0.2) is 0 Å². The minimum Gasteiger partial charge on any atom is -0.415 e. The number of benzene rings is 1. The molecule has 2 rings (SSSR count). The zero-order valence-corrected chi connectivity index (χ0v) is 11.1. The van der Waals surface area contributed by atoms with Crippen LogP contribution in [-0.4, -0.2) is 43.5 Å². The number of alkyl halides is 3. The molecule has 0 bridgehead atoms. The Hall–Kier alpha value is -1.80. The largest absolute Gasteiger partial charge is 0.525 e. The van der Waals surface area contributed by atoms with Gasteiger partial charge in [0.25, 0.3) is 0 Å². The van der Waals surface area contributed by atoms with Crippen LogP contribution in [0.3, 0.4) is 0 Å². The number of hydrogen-bond acceptors (Lipinski definition) is 4. The van der Waals surface area contributed by atoms with Gasteiger partial charge in [0.2, 0.25) is 6.29 Å². The molecule has 0 spiro atoms. The number of amides is 1. The molecule has 1 aliphatic rings. The summed E-state index contributed by atoms with van der Waals surface area (Å²) in [5, 5.41) is 3.03. The van der Waals surface area contributed by atoms with Crippen LogP contribution in [0.4, 0.5) is 18.0 Å². The molecular formula is C13H15F3N2O3. The van der Waals surface area contributed by atoms with Crippen LogP contribution >= 0.6 is 0 Å². The molecule has 116 valence electrons. The highest BCUT2D eigenvalue weighted by Gasteiger charge is 2.37. The lowest BCUT2D eigenvalue weighted by Crippen LogP contribution is -2.47. The molecule has 1 aromatic carbocycles. The fourth-order valence-corrected chi connectivity index (χ4v) is 1.91. The first-order chi connectivity index (χ1) is 9.96. The smallest absolute Gasteiger partial charge is 0.415 e. The molecule has 0 saturated carbocycles. The maximum absolute atomic E-state index is 12.4. The first-order valence-corrected chi connectivity index (χ1v) is 6.41. The van der Waals surface area contributed by atoms with E-state index in [2.05, 4.69) is 10.1 Å². The second kappa shape index (κ2) is 6.77. The third-order valence-corrected chi connectivity index (χ3v) is 2.90. The van der Waals surface area contributed by atoms with E-state index in [0.717, 1.165) is 0 Å². The van der Waals surface area contributed by atoms with Crippen molar-refractivity contribution in [3.8, 4) is 0 Å². The molecule has 0 aromatic heterocycles. The Labute approximate surface area is 119 Å². The number of hydrogen-bond donors (Lipinski definition) is 1. The fourth-order valence-electron chi connectivity index (χ4n) is 1.91. The Bertz CT molecular complexity index is 461. The maximum Gasteiger partial charge on any atom is 0.525 e. The van der Waals surface area contributed by atoms with E-state index in [4.69, 9.17) is 4.74 Å². The van der Waals surface area contributed by atoms with Gasteiger partial charge in [-0.1, -0.05) is 30.3 Å². The number of ether oxygens (including phenoxy) is 2. The van der Waals surface area contributed by atoms with Crippen molar-refractivity contribution in [2.75, 3.05) is 26.2 Å². The van der Waals surface area contributed by atoms with E-state index in [0.29, 0.717) is 26.2 Å². The Kier molecular flexibility index (Phi) is 5.03. The number of rotatable bonds is 3. The summed E-state index contributed by atoms with van der Waals surface area (Å²) in [5.74, 6) is 0. The summed E-state index contributed by atoms with van der Waals surface area (Å²) < 4.78 is 46.1. The number of carbonyl (C=O) groups is 1. The van der Waals surface area contributed by atoms with Crippen molar-refractivity contribution in [1.29, 1.82) is 0 Å². The number of halogens is 3. The molecule has 1 fully saturated rings. The number of nitrogens with one attached hydrogen (secondary N) is 1. The van der Waals surface area contributed by atoms with Crippen molar-refractivity contribution >= 4 is 6.09 Å². The second-order valence-electron chi connectivity index (χ2n) is 4.43. The lowest BCUT2D eigenvalue weighted by atomic mass is 10.2. The fraction of sp³-hybridized carbons (Fsp3) is 0.462. The molecule has 5 nitrogen and oxygen atoms in total. The van der Waals surface area contributed by atoms with Crippen LogP contribution in [0.2, 0.25) is 0 Å². The highest BCUT2D eigenvalue weighted by molar-refractivity contribution is 5.68. The summed E-state index contributed by atoms with van der Waals surface area (Å²) in [6.07, 6.45) is -7.53. The summed E-state index contributed by atoms with van der Waals surface area (Å²) in [4.78, 5) is 13.2. The standard InChI is InChI=1S/C13H15F3N2O3/c14-13(15,16)21-11(10-4-2-1-3-5-10)20-12(19)18-8-6-17-7-9-18/h1-5,11,17H,6-9H2. The third kappa shape index (κ3) is 4.91. The van der Waals surface area contributed by atoms with Crippen LogP contribution in [0.1, 0.15) is 11.9 Å². The van der Waals surface area contributed by atoms with E-state index in [9.17, 15) is 18.0 Å². The predicted molar refractivity (Wildman–Crippen MR) is 67.2 cm³/mol. The van der Waals surface area contributed by atoms with Crippen LogP contribution in [0.5, 0.6) is 0 Å². The van der Waals surface area contributed by atoms with Gasteiger partial charge in [-0.2, -0.15) is 0 Å². The van der Waals surface area contributed by atoms with E-state index in [1.807, 2.05) is 0 Å². The summed E-state index contributed by atoms with van der Waals surface area (Å²) in [5.41, 5.74) is 0.123.